The van der Waals surface area contributed by atoms with E-state index in [1.54, 1.807) is 0 Å². The molecule has 0 amide bonds. The van der Waals surface area contributed by atoms with E-state index in [1.807, 2.05) is 13.8 Å². The van der Waals surface area contributed by atoms with Crippen LogP contribution in [0.25, 0.3) is 0 Å². The van der Waals surface area contributed by atoms with Crippen molar-refractivity contribution < 1.29 is 20.4 Å². The molecule has 0 bridgehead atoms. The fraction of sp³-hybridized carbons (Fsp3) is 0.905. The van der Waals surface area contributed by atoms with Gasteiger partial charge >= 0.3 is 0 Å². The van der Waals surface area contributed by atoms with Crippen molar-refractivity contribution >= 4 is 0 Å². The van der Waals surface area contributed by atoms with Gasteiger partial charge in [0.15, 0.2) is 0 Å². The molecular formula is C21H34O4. The summed E-state index contributed by atoms with van der Waals surface area (Å²) in [5.74, 6) is 1.11. The molecule has 3 saturated carbocycles. The van der Waals surface area contributed by atoms with E-state index in [0.29, 0.717) is 24.2 Å². The van der Waals surface area contributed by atoms with Crippen LogP contribution in [-0.2, 0) is 0 Å². The maximum Gasteiger partial charge on any atom is 0.102 e. The molecule has 0 aromatic heterocycles. The topological polar surface area (TPSA) is 80.9 Å². The van der Waals surface area contributed by atoms with Crippen LogP contribution in [0, 0.1) is 34.0 Å². The molecule has 0 aliphatic heterocycles. The van der Waals surface area contributed by atoms with Crippen LogP contribution >= 0.6 is 0 Å². The van der Waals surface area contributed by atoms with Gasteiger partial charge in [-0.3, -0.25) is 0 Å². The highest BCUT2D eigenvalue weighted by atomic mass is 16.3. The molecule has 4 nitrogen and oxygen atoms in total. The van der Waals surface area contributed by atoms with Crippen molar-refractivity contribution in [1.29, 1.82) is 0 Å². The number of hydrogen-bond acceptors (Lipinski definition) is 4. The zero-order chi connectivity index (χ0) is 18.5. The monoisotopic (exact) mass is 350 g/mol. The molecule has 1 unspecified atom stereocenters. The van der Waals surface area contributed by atoms with Crippen LogP contribution in [0.3, 0.4) is 0 Å². The molecule has 3 fully saturated rings. The van der Waals surface area contributed by atoms with Crippen molar-refractivity contribution in [3.8, 4) is 0 Å². The second kappa shape index (κ2) is 5.09. The van der Waals surface area contributed by atoms with Gasteiger partial charge in [-0.1, -0.05) is 34.1 Å². The molecule has 0 saturated heterocycles. The van der Waals surface area contributed by atoms with Gasteiger partial charge in [-0.15, -0.1) is 0 Å². The van der Waals surface area contributed by atoms with E-state index in [2.05, 4.69) is 20.8 Å². The van der Waals surface area contributed by atoms with E-state index in [9.17, 15) is 20.4 Å². The summed E-state index contributed by atoms with van der Waals surface area (Å²) in [6.07, 6.45) is 0.231. The van der Waals surface area contributed by atoms with Crippen molar-refractivity contribution in [2.45, 2.75) is 84.7 Å². The molecule has 25 heavy (non-hydrogen) atoms. The lowest BCUT2D eigenvalue weighted by Crippen LogP contribution is -2.81. The summed E-state index contributed by atoms with van der Waals surface area (Å²) in [5.41, 5.74) is 0.532. The van der Waals surface area contributed by atoms with Gasteiger partial charge in [0.05, 0.1) is 18.3 Å². The van der Waals surface area contributed by atoms with Crippen LogP contribution in [0.1, 0.15) is 60.3 Å². The number of rotatable bonds is 1. The highest BCUT2D eigenvalue weighted by Gasteiger charge is 2.81. The molecule has 0 radical (unpaired) electrons. The van der Waals surface area contributed by atoms with Crippen molar-refractivity contribution in [3.05, 3.63) is 11.1 Å². The van der Waals surface area contributed by atoms with Crippen LogP contribution in [-0.4, -0.2) is 44.8 Å². The van der Waals surface area contributed by atoms with Crippen molar-refractivity contribution in [2.24, 2.45) is 34.0 Å². The Bertz CT molecular complexity index is 629. The lowest BCUT2D eigenvalue weighted by molar-refractivity contribution is -0.344. The Hall–Kier alpha value is -0.420. The molecule has 4 rings (SSSR count). The highest BCUT2D eigenvalue weighted by Crippen LogP contribution is 2.83. The SMILES string of the molecule is CC[C@@H]1[C@H](C)C[C@H](O)[C@@]2(C)[C@H](O)[C@H](O)C3=C(C)[C@@H](O)C[C@H]4CC12[C@@]34C. The summed E-state index contributed by atoms with van der Waals surface area (Å²) >= 11 is 0. The molecule has 142 valence electrons. The molecule has 0 aromatic carbocycles. The second-order valence-electron chi connectivity index (χ2n) is 9.84. The second-order valence-corrected chi connectivity index (χ2v) is 9.84. The Balaban J connectivity index is 2.01. The van der Waals surface area contributed by atoms with E-state index in [4.69, 9.17) is 0 Å². The summed E-state index contributed by atoms with van der Waals surface area (Å²) in [6.45, 7) is 10.6. The number of hydrogen-bond donors (Lipinski definition) is 4. The molecule has 4 aliphatic rings. The normalized spacial score (nSPS) is 60.6. The molecular weight excluding hydrogens is 316 g/mol. The Morgan fingerprint density at radius 2 is 1.72 bits per heavy atom. The van der Waals surface area contributed by atoms with Crippen LogP contribution < -0.4 is 0 Å². The molecule has 1 spiro atoms. The minimum Gasteiger partial charge on any atom is -0.392 e. The minimum absolute atomic E-state index is 0.216. The number of aliphatic hydroxyl groups excluding tert-OH is 4. The molecule has 0 heterocycles. The summed E-state index contributed by atoms with van der Waals surface area (Å²) in [4.78, 5) is 0. The first kappa shape index (κ1) is 18.0. The van der Waals surface area contributed by atoms with E-state index in [1.165, 1.54) is 0 Å². The highest BCUT2D eigenvalue weighted by molar-refractivity contribution is 5.45. The van der Waals surface area contributed by atoms with Gasteiger partial charge in [0, 0.05) is 10.8 Å². The zero-order valence-corrected chi connectivity index (χ0v) is 16.2. The van der Waals surface area contributed by atoms with Gasteiger partial charge in [0.1, 0.15) is 6.10 Å². The van der Waals surface area contributed by atoms with E-state index < -0.39 is 29.8 Å². The van der Waals surface area contributed by atoms with Gasteiger partial charge in [0.25, 0.3) is 0 Å². The van der Waals surface area contributed by atoms with E-state index in [-0.39, 0.29) is 10.8 Å². The molecule has 4 heteroatoms. The Kier molecular flexibility index (Phi) is 3.66. The standard InChI is InChI=1S/C21H34O4/c1-6-13-10(2)7-15(23)20(5)18(25)17(24)16-11(3)14(22)8-12-9-21(13,20)19(12,16)4/h10,12-15,17-18,22-25H,6-9H2,1-5H3/t10-,12+,13-,14+,15+,17-,18-,19-,20+,21?/m1/s1. The predicted molar refractivity (Wildman–Crippen MR) is 95.7 cm³/mol. The van der Waals surface area contributed by atoms with Crippen molar-refractivity contribution in [3.63, 3.8) is 0 Å². The smallest absolute Gasteiger partial charge is 0.102 e. The van der Waals surface area contributed by atoms with Gasteiger partial charge in [-0.2, -0.15) is 0 Å². The average molecular weight is 350 g/mol. The molecule has 10 atom stereocenters. The quantitative estimate of drug-likeness (QED) is 0.547. The summed E-state index contributed by atoms with van der Waals surface area (Å²) in [6, 6.07) is 0. The van der Waals surface area contributed by atoms with Gasteiger partial charge in [0.2, 0.25) is 0 Å². The average Bonchev–Trinajstić information content (AvgIpc) is 2.55. The van der Waals surface area contributed by atoms with Crippen LogP contribution in [0.2, 0.25) is 0 Å². The van der Waals surface area contributed by atoms with E-state index >= 15 is 0 Å². The minimum atomic E-state index is -0.999. The lowest BCUT2D eigenvalue weighted by atomic mass is 9.23. The lowest BCUT2D eigenvalue weighted by Gasteiger charge is -2.81. The zero-order valence-electron chi connectivity index (χ0n) is 16.2. The van der Waals surface area contributed by atoms with Crippen molar-refractivity contribution in [1.82, 2.24) is 0 Å². The van der Waals surface area contributed by atoms with E-state index in [0.717, 1.165) is 30.4 Å². The Morgan fingerprint density at radius 3 is 2.32 bits per heavy atom. The van der Waals surface area contributed by atoms with Crippen LogP contribution in [0.5, 0.6) is 0 Å². The Morgan fingerprint density at radius 1 is 1.08 bits per heavy atom. The summed E-state index contributed by atoms with van der Waals surface area (Å²) in [5, 5.41) is 43.9. The first-order chi connectivity index (χ1) is 11.6. The molecule has 4 N–H and O–H groups in total. The Labute approximate surface area is 151 Å². The van der Waals surface area contributed by atoms with Gasteiger partial charge < -0.3 is 20.4 Å². The maximum absolute atomic E-state index is 11.2. The summed E-state index contributed by atoms with van der Waals surface area (Å²) in [7, 11) is 0. The third-order valence-corrected chi connectivity index (χ3v) is 9.52. The maximum atomic E-state index is 11.2. The first-order valence-corrected chi connectivity index (χ1v) is 10.0. The third kappa shape index (κ3) is 1.61. The predicted octanol–water partition coefficient (Wildman–Crippen LogP) is 2.25. The first-order valence-electron chi connectivity index (χ1n) is 10.0. The largest absolute Gasteiger partial charge is 0.392 e. The molecule has 4 aliphatic carbocycles. The number of aliphatic hydroxyl groups is 4. The molecule has 0 aromatic rings. The van der Waals surface area contributed by atoms with Gasteiger partial charge in [-0.25, -0.2) is 0 Å². The van der Waals surface area contributed by atoms with Gasteiger partial charge in [-0.05, 0) is 60.5 Å². The van der Waals surface area contributed by atoms with Crippen LogP contribution in [0.15, 0.2) is 11.1 Å². The van der Waals surface area contributed by atoms with Crippen LogP contribution in [0.4, 0.5) is 0 Å². The fourth-order valence-corrected chi connectivity index (χ4v) is 8.35. The fourth-order valence-electron chi connectivity index (χ4n) is 8.35. The third-order valence-electron chi connectivity index (χ3n) is 9.52. The summed E-state index contributed by atoms with van der Waals surface area (Å²) < 4.78 is 0. The van der Waals surface area contributed by atoms with Crippen molar-refractivity contribution in [2.75, 3.05) is 0 Å².